The number of benzene rings is 2. The van der Waals surface area contributed by atoms with E-state index >= 15 is 0 Å². The molecule has 156 valence electrons. The first-order chi connectivity index (χ1) is 14.7. The predicted octanol–water partition coefficient (Wildman–Crippen LogP) is 2.95. The number of ether oxygens (including phenoxy) is 1. The molecular formula is C22H24ClN5O2. The lowest BCUT2D eigenvalue weighted by atomic mass is 10.2. The van der Waals surface area contributed by atoms with Crippen molar-refractivity contribution in [2.75, 3.05) is 33.3 Å². The van der Waals surface area contributed by atoms with Crippen LogP contribution in [0.15, 0.2) is 54.6 Å². The quantitative estimate of drug-likeness (QED) is 0.607. The molecule has 0 atom stereocenters. The van der Waals surface area contributed by atoms with Crippen molar-refractivity contribution in [3.63, 3.8) is 0 Å². The van der Waals surface area contributed by atoms with E-state index < -0.39 is 0 Å². The molecule has 4 rings (SSSR count). The third-order valence-corrected chi connectivity index (χ3v) is 5.64. The molecule has 0 unspecified atom stereocenters. The van der Waals surface area contributed by atoms with E-state index in [1.165, 1.54) is 12.7 Å². The standard InChI is InChI=1S/C22H24ClN5O2/c1-30-22-20(24-25-28(22)16-18-9-5-6-10-19(18)23)21(29)27-13-11-26(12-14-27)15-17-7-3-2-4-8-17/h2-10H,11-16H2,1H3. The highest BCUT2D eigenvalue weighted by Crippen LogP contribution is 2.22. The highest BCUT2D eigenvalue weighted by atomic mass is 35.5. The van der Waals surface area contributed by atoms with Crippen LogP contribution in [0, 0.1) is 0 Å². The molecule has 2 heterocycles. The van der Waals surface area contributed by atoms with Crippen molar-refractivity contribution in [2.24, 2.45) is 0 Å². The average molecular weight is 426 g/mol. The summed E-state index contributed by atoms with van der Waals surface area (Å²) in [4.78, 5) is 17.2. The van der Waals surface area contributed by atoms with E-state index in [0.717, 1.165) is 25.2 Å². The van der Waals surface area contributed by atoms with Crippen molar-refractivity contribution in [3.8, 4) is 5.88 Å². The monoisotopic (exact) mass is 425 g/mol. The van der Waals surface area contributed by atoms with Gasteiger partial charge >= 0.3 is 0 Å². The second kappa shape index (κ2) is 9.28. The summed E-state index contributed by atoms with van der Waals surface area (Å²) in [6, 6.07) is 17.9. The Morgan fingerprint density at radius 2 is 1.70 bits per heavy atom. The van der Waals surface area contributed by atoms with Crippen molar-refractivity contribution in [3.05, 3.63) is 76.4 Å². The van der Waals surface area contributed by atoms with Crippen LogP contribution in [0.4, 0.5) is 0 Å². The maximum absolute atomic E-state index is 13.1. The Morgan fingerprint density at radius 3 is 2.40 bits per heavy atom. The van der Waals surface area contributed by atoms with E-state index in [-0.39, 0.29) is 11.6 Å². The summed E-state index contributed by atoms with van der Waals surface area (Å²) in [6.07, 6.45) is 0. The molecule has 3 aromatic rings. The number of hydrogen-bond donors (Lipinski definition) is 0. The number of carbonyl (C=O) groups is 1. The number of methoxy groups -OCH3 is 1. The fourth-order valence-electron chi connectivity index (χ4n) is 3.63. The Hall–Kier alpha value is -2.90. The molecule has 1 aliphatic rings. The van der Waals surface area contributed by atoms with Gasteiger partial charge in [-0.05, 0) is 17.2 Å². The largest absolute Gasteiger partial charge is 0.479 e. The van der Waals surface area contributed by atoms with Crippen molar-refractivity contribution < 1.29 is 9.53 Å². The third kappa shape index (κ3) is 4.47. The van der Waals surface area contributed by atoms with E-state index in [9.17, 15) is 4.79 Å². The van der Waals surface area contributed by atoms with Crippen molar-refractivity contribution in [1.29, 1.82) is 0 Å². The minimum absolute atomic E-state index is 0.156. The number of rotatable bonds is 6. The Morgan fingerprint density at radius 1 is 1.00 bits per heavy atom. The normalized spacial score (nSPS) is 14.7. The van der Waals surface area contributed by atoms with Gasteiger partial charge in [0, 0.05) is 37.7 Å². The number of halogens is 1. The SMILES string of the molecule is COc1c(C(=O)N2CCN(Cc3ccccc3)CC2)nnn1Cc1ccccc1Cl. The number of amides is 1. The summed E-state index contributed by atoms with van der Waals surface area (Å²) in [6.45, 7) is 4.19. The first-order valence-electron chi connectivity index (χ1n) is 9.92. The molecule has 30 heavy (non-hydrogen) atoms. The molecule has 1 aliphatic heterocycles. The molecule has 1 saturated heterocycles. The molecule has 2 aromatic carbocycles. The minimum atomic E-state index is -0.156. The van der Waals surface area contributed by atoms with Crippen LogP contribution in [0.5, 0.6) is 5.88 Å². The summed E-state index contributed by atoms with van der Waals surface area (Å²) in [7, 11) is 1.52. The molecule has 0 aliphatic carbocycles. The van der Waals surface area contributed by atoms with Crippen molar-refractivity contribution in [1.82, 2.24) is 24.8 Å². The lowest BCUT2D eigenvalue weighted by molar-refractivity contribution is 0.0619. The number of hydrogen-bond acceptors (Lipinski definition) is 5. The summed E-state index contributed by atoms with van der Waals surface area (Å²) in [5.41, 5.74) is 2.40. The van der Waals surface area contributed by atoms with Gasteiger partial charge in [-0.15, -0.1) is 5.10 Å². The highest BCUT2D eigenvalue weighted by Gasteiger charge is 2.28. The van der Waals surface area contributed by atoms with E-state index in [1.807, 2.05) is 47.4 Å². The molecule has 0 saturated carbocycles. The molecule has 7 nitrogen and oxygen atoms in total. The van der Waals surface area contributed by atoms with Crippen LogP contribution >= 0.6 is 11.6 Å². The van der Waals surface area contributed by atoms with Crippen LogP contribution in [-0.2, 0) is 13.1 Å². The van der Waals surface area contributed by atoms with Gasteiger partial charge in [-0.2, -0.15) is 0 Å². The molecule has 0 N–H and O–H groups in total. The first-order valence-corrected chi connectivity index (χ1v) is 10.3. The highest BCUT2D eigenvalue weighted by molar-refractivity contribution is 6.31. The van der Waals surface area contributed by atoms with Crippen LogP contribution in [-0.4, -0.2) is 64.0 Å². The summed E-state index contributed by atoms with van der Waals surface area (Å²) < 4.78 is 7.05. The van der Waals surface area contributed by atoms with Gasteiger partial charge in [-0.1, -0.05) is 65.3 Å². The van der Waals surface area contributed by atoms with Gasteiger partial charge in [0.15, 0.2) is 0 Å². The van der Waals surface area contributed by atoms with Crippen LogP contribution in [0.2, 0.25) is 5.02 Å². The number of piperazine rings is 1. The second-order valence-corrected chi connectivity index (χ2v) is 7.66. The van der Waals surface area contributed by atoms with E-state index in [1.54, 1.807) is 4.68 Å². The van der Waals surface area contributed by atoms with Gasteiger partial charge in [0.25, 0.3) is 5.91 Å². The van der Waals surface area contributed by atoms with Crippen molar-refractivity contribution in [2.45, 2.75) is 13.1 Å². The van der Waals surface area contributed by atoms with Gasteiger partial charge in [-0.25, -0.2) is 4.68 Å². The number of aromatic nitrogens is 3. The van der Waals surface area contributed by atoms with Crippen molar-refractivity contribution >= 4 is 17.5 Å². The molecule has 8 heteroatoms. The van der Waals surface area contributed by atoms with Crippen LogP contribution < -0.4 is 4.74 Å². The fraction of sp³-hybridized carbons (Fsp3) is 0.318. The van der Waals surface area contributed by atoms with E-state index in [4.69, 9.17) is 16.3 Å². The molecule has 0 bridgehead atoms. The van der Waals surface area contributed by atoms with Gasteiger partial charge in [0.2, 0.25) is 11.6 Å². The van der Waals surface area contributed by atoms with E-state index in [2.05, 4.69) is 27.3 Å². The van der Waals surface area contributed by atoms with Gasteiger partial charge in [0.1, 0.15) is 0 Å². The Balaban J connectivity index is 1.41. The van der Waals surface area contributed by atoms with Gasteiger partial charge in [0.05, 0.1) is 13.7 Å². The third-order valence-electron chi connectivity index (χ3n) is 5.27. The zero-order valence-corrected chi connectivity index (χ0v) is 17.6. The number of nitrogens with zero attached hydrogens (tertiary/aromatic N) is 5. The zero-order chi connectivity index (χ0) is 20.9. The summed E-state index contributed by atoms with van der Waals surface area (Å²) in [5.74, 6) is 0.197. The van der Waals surface area contributed by atoms with Crippen LogP contribution in [0.1, 0.15) is 21.6 Å². The maximum Gasteiger partial charge on any atom is 0.280 e. The Labute approximate surface area is 180 Å². The fourth-order valence-corrected chi connectivity index (χ4v) is 3.83. The summed E-state index contributed by atoms with van der Waals surface area (Å²) in [5, 5.41) is 8.89. The molecule has 0 radical (unpaired) electrons. The predicted molar refractivity (Wildman–Crippen MR) is 115 cm³/mol. The lowest BCUT2D eigenvalue weighted by Gasteiger charge is -2.34. The summed E-state index contributed by atoms with van der Waals surface area (Å²) >= 11 is 6.25. The Bertz CT molecular complexity index is 1000. The number of carbonyl (C=O) groups excluding carboxylic acids is 1. The second-order valence-electron chi connectivity index (χ2n) is 7.25. The van der Waals surface area contributed by atoms with Crippen LogP contribution in [0.3, 0.4) is 0 Å². The average Bonchev–Trinajstić information content (AvgIpc) is 3.18. The lowest BCUT2D eigenvalue weighted by Crippen LogP contribution is -2.48. The molecule has 1 fully saturated rings. The maximum atomic E-state index is 13.1. The Kier molecular flexibility index (Phi) is 6.30. The zero-order valence-electron chi connectivity index (χ0n) is 16.9. The first kappa shape index (κ1) is 20.4. The molecule has 0 spiro atoms. The molecular weight excluding hydrogens is 402 g/mol. The topological polar surface area (TPSA) is 63.5 Å². The molecule has 1 aromatic heterocycles. The molecule has 1 amide bonds. The van der Waals surface area contributed by atoms with Crippen LogP contribution in [0.25, 0.3) is 0 Å². The minimum Gasteiger partial charge on any atom is -0.479 e. The van der Waals surface area contributed by atoms with E-state index in [0.29, 0.717) is 30.5 Å². The smallest absolute Gasteiger partial charge is 0.280 e. The van der Waals surface area contributed by atoms with Gasteiger partial charge < -0.3 is 9.64 Å². The van der Waals surface area contributed by atoms with Gasteiger partial charge in [-0.3, -0.25) is 9.69 Å².